The molecule has 0 saturated heterocycles. The second kappa shape index (κ2) is 1.51. The molecule has 2 saturated carbocycles. The van der Waals surface area contributed by atoms with Gasteiger partial charge in [-0.25, -0.2) is 0 Å². The summed E-state index contributed by atoms with van der Waals surface area (Å²) < 4.78 is 0. The van der Waals surface area contributed by atoms with E-state index in [2.05, 4.69) is 6.92 Å². The number of fused-ring (bicyclic) bond motifs is 2. The van der Waals surface area contributed by atoms with Crippen LogP contribution in [0.1, 0.15) is 32.6 Å². The van der Waals surface area contributed by atoms with Crippen molar-refractivity contribution in [2.75, 3.05) is 0 Å². The molecule has 0 radical (unpaired) electrons. The van der Waals surface area contributed by atoms with Crippen molar-refractivity contribution in [1.82, 2.24) is 0 Å². The van der Waals surface area contributed by atoms with Crippen molar-refractivity contribution >= 4 is 0 Å². The maximum Gasteiger partial charge on any atom is 0.0596 e. The van der Waals surface area contributed by atoms with E-state index in [1.807, 2.05) is 0 Å². The Kier molecular flexibility index (Phi) is 0.963. The van der Waals surface area contributed by atoms with Gasteiger partial charge < -0.3 is 5.11 Å². The fraction of sp³-hybridized carbons (Fsp3) is 1.00. The molecule has 1 nitrogen and oxygen atoms in total. The van der Waals surface area contributed by atoms with Crippen LogP contribution in [0.2, 0.25) is 0 Å². The quantitative estimate of drug-likeness (QED) is 0.522. The van der Waals surface area contributed by atoms with E-state index in [1.54, 1.807) is 0 Å². The Balaban J connectivity index is 2.22. The van der Waals surface area contributed by atoms with E-state index in [9.17, 15) is 5.11 Å². The molecule has 3 atom stereocenters. The number of aliphatic hydroxyl groups excluding tert-OH is 1. The molecule has 0 aromatic rings. The van der Waals surface area contributed by atoms with Crippen LogP contribution in [0.15, 0.2) is 0 Å². The molecule has 2 aliphatic rings. The van der Waals surface area contributed by atoms with Crippen LogP contribution < -0.4 is 0 Å². The number of aliphatic hydroxyl groups is 1. The first-order chi connectivity index (χ1) is 4.21. The first kappa shape index (κ1) is 5.72. The van der Waals surface area contributed by atoms with Gasteiger partial charge in [-0.3, -0.25) is 0 Å². The minimum absolute atomic E-state index is 0.0243. The van der Waals surface area contributed by atoms with Crippen LogP contribution in [0.3, 0.4) is 0 Å². The molecule has 0 heterocycles. The highest BCUT2D eigenvalue weighted by Crippen LogP contribution is 2.53. The molecule has 52 valence electrons. The summed E-state index contributed by atoms with van der Waals surface area (Å²) in [6, 6.07) is 0. The second-order valence-electron chi connectivity index (χ2n) is 4.01. The van der Waals surface area contributed by atoms with Crippen molar-refractivity contribution in [2.45, 2.75) is 38.7 Å². The van der Waals surface area contributed by atoms with Gasteiger partial charge in [-0.15, -0.1) is 0 Å². The summed E-state index contributed by atoms with van der Waals surface area (Å²) in [7, 11) is 0. The topological polar surface area (TPSA) is 20.2 Å². The van der Waals surface area contributed by atoms with Crippen LogP contribution in [-0.4, -0.2) is 11.2 Å². The van der Waals surface area contributed by atoms with Crippen LogP contribution in [-0.2, 0) is 0 Å². The lowest BCUT2D eigenvalue weighted by Crippen LogP contribution is -2.26. The number of hydrogen-bond donors (Lipinski definition) is 1. The lowest BCUT2D eigenvalue weighted by molar-refractivity contribution is 0.0532. The van der Waals surface area contributed by atoms with Crippen molar-refractivity contribution < 1.29 is 5.11 Å². The van der Waals surface area contributed by atoms with Gasteiger partial charge in [0.25, 0.3) is 0 Å². The molecule has 0 unspecified atom stereocenters. The van der Waals surface area contributed by atoms with E-state index in [0.29, 0.717) is 5.41 Å². The average molecular weight is 126 g/mol. The molecule has 2 aliphatic carbocycles. The molecule has 2 bridgehead atoms. The summed E-state index contributed by atoms with van der Waals surface area (Å²) in [5.74, 6) is 0.866. The molecule has 0 amide bonds. The third-order valence-corrected chi connectivity index (χ3v) is 3.24. The molecular weight excluding hydrogens is 112 g/mol. The third-order valence-electron chi connectivity index (χ3n) is 3.24. The van der Waals surface area contributed by atoms with E-state index >= 15 is 0 Å². The van der Waals surface area contributed by atoms with Crippen LogP contribution in [0.4, 0.5) is 0 Å². The highest BCUT2D eigenvalue weighted by Gasteiger charge is 2.47. The summed E-state index contributed by atoms with van der Waals surface area (Å²) >= 11 is 0. The van der Waals surface area contributed by atoms with Gasteiger partial charge >= 0.3 is 0 Å². The molecule has 9 heavy (non-hydrogen) atoms. The highest BCUT2D eigenvalue weighted by molar-refractivity contribution is 4.98. The lowest BCUT2D eigenvalue weighted by atomic mass is 9.84. The summed E-state index contributed by atoms with van der Waals surface area (Å²) in [6.45, 7) is 2.23. The molecular formula is C8H14O. The molecule has 1 heteroatoms. The molecule has 0 aliphatic heterocycles. The molecule has 2 rings (SSSR count). The van der Waals surface area contributed by atoms with Crippen LogP contribution in [0, 0.1) is 11.3 Å². The van der Waals surface area contributed by atoms with E-state index in [1.165, 1.54) is 19.3 Å². The second-order valence-corrected chi connectivity index (χ2v) is 4.01. The fourth-order valence-corrected chi connectivity index (χ4v) is 2.50. The summed E-state index contributed by atoms with van der Waals surface area (Å²) in [5, 5.41) is 9.48. The largest absolute Gasteiger partial charge is 0.393 e. The van der Waals surface area contributed by atoms with Gasteiger partial charge in [-0.05, 0) is 37.0 Å². The Morgan fingerprint density at radius 3 is 2.56 bits per heavy atom. The van der Waals surface area contributed by atoms with Crippen molar-refractivity contribution in [3.8, 4) is 0 Å². The maximum absolute atomic E-state index is 9.48. The predicted octanol–water partition coefficient (Wildman–Crippen LogP) is 1.56. The van der Waals surface area contributed by atoms with Gasteiger partial charge in [0.05, 0.1) is 6.10 Å². The zero-order valence-electron chi connectivity index (χ0n) is 5.93. The standard InChI is InChI=1S/C8H14O/c1-8-3-2-6(5-8)4-7(8)9/h6-7,9H,2-5H2,1H3/t6-,7-,8-/m0/s1. The SMILES string of the molecule is C[C@@]12CC[C@@H](C[C@@H]1O)C2. The Bertz CT molecular complexity index is 133. The molecule has 2 fully saturated rings. The fourth-order valence-electron chi connectivity index (χ4n) is 2.50. The normalized spacial score (nSPS) is 56.7. The highest BCUT2D eigenvalue weighted by atomic mass is 16.3. The Morgan fingerprint density at radius 2 is 2.33 bits per heavy atom. The van der Waals surface area contributed by atoms with Crippen molar-refractivity contribution in [3.63, 3.8) is 0 Å². The molecule has 0 aromatic heterocycles. The van der Waals surface area contributed by atoms with E-state index in [4.69, 9.17) is 0 Å². The summed E-state index contributed by atoms with van der Waals surface area (Å²) in [6.07, 6.45) is 5.02. The Morgan fingerprint density at radius 1 is 1.56 bits per heavy atom. The van der Waals surface area contributed by atoms with Gasteiger partial charge in [0.15, 0.2) is 0 Å². The Labute approximate surface area is 56.1 Å². The van der Waals surface area contributed by atoms with Gasteiger partial charge in [0.2, 0.25) is 0 Å². The van der Waals surface area contributed by atoms with Crippen LogP contribution in [0.5, 0.6) is 0 Å². The van der Waals surface area contributed by atoms with Crippen molar-refractivity contribution in [1.29, 1.82) is 0 Å². The van der Waals surface area contributed by atoms with Crippen molar-refractivity contribution in [3.05, 3.63) is 0 Å². The minimum Gasteiger partial charge on any atom is -0.393 e. The molecule has 0 aromatic carbocycles. The summed E-state index contributed by atoms with van der Waals surface area (Å²) in [4.78, 5) is 0. The van der Waals surface area contributed by atoms with E-state index in [-0.39, 0.29) is 6.10 Å². The Hall–Kier alpha value is -0.0400. The average Bonchev–Trinajstić information content (AvgIpc) is 2.22. The monoisotopic (exact) mass is 126 g/mol. The number of hydrogen-bond acceptors (Lipinski definition) is 1. The molecule has 0 spiro atoms. The zero-order chi connectivity index (χ0) is 6.48. The first-order valence-corrected chi connectivity index (χ1v) is 3.89. The van der Waals surface area contributed by atoms with E-state index < -0.39 is 0 Å². The van der Waals surface area contributed by atoms with Crippen molar-refractivity contribution in [2.24, 2.45) is 11.3 Å². The van der Waals surface area contributed by atoms with E-state index in [0.717, 1.165) is 12.3 Å². The third kappa shape index (κ3) is 0.644. The van der Waals surface area contributed by atoms with Crippen LogP contribution in [0.25, 0.3) is 0 Å². The molecule has 1 N–H and O–H groups in total. The van der Waals surface area contributed by atoms with Gasteiger partial charge in [-0.2, -0.15) is 0 Å². The van der Waals surface area contributed by atoms with Crippen LogP contribution >= 0.6 is 0 Å². The first-order valence-electron chi connectivity index (χ1n) is 3.89. The summed E-state index contributed by atoms with van der Waals surface area (Å²) in [5.41, 5.74) is 0.324. The smallest absolute Gasteiger partial charge is 0.0596 e. The maximum atomic E-state index is 9.48. The zero-order valence-corrected chi connectivity index (χ0v) is 5.93. The minimum atomic E-state index is 0.0243. The predicted molar refractivity (Wildman–Crippen MR) is 36.1 cm³/mol. The lowest BCUT2D eigenvalue weighted by Gasteiger charge is -2.26. The number of rotatable bonds is 0. The van der Waals surface area contributed by atoms with Gasteiger partial charge in [0.1, 0.15) is 0 Å². The van der Waals surface area contributed by atoms with Gasteiger partial charge in [-0.1, -0.05) is 6.92 Å². The van der Waals surface area contributed by atoms with Gasteiger partial charge in [0, 0.05) is 0 Å².